The highest BCUT2D eigenvalue weighted by molar-refractivity contribution is 6.16. The van der Waals surface area contributed by atoms with Crippen LogP contribution in [0.5, 0.6) is 0 Å². The van der Waals surface area contributed by atoms with E-state index in [2.05, 4.69) is 0 Å². The van der Waals surface area contributed by atoms with E-state index in [9.17, 15) is 14.4 Å². The van der Waals surface area contributed by atoms with E-state index in [0.717, 1.165) is 0 Å². The van der Waals surface area contributed by atoms with Crippen molar-refractivity contribution < 1.29 is 28.6 Å². The Morgan fingerprint density at radius 3 is 2.40 bits per heavy atom. The van der Waals surface area contributed by atoms with Gasteiger partial charge in [0, 0.05) is 18.3 Å². The number of carbonyl (C=O) groups is 3. The summed E-state index contributed by atoms with van der Waals surface area (Å²) in [5, 5.41) is 0. The summed E-state index contributed by atoms with van der Waals surface area (Å²) in [7, 11) is 1.67. The Morgan fingerprint density at radius 2 is 1.80 bits per heavy atom. The van der Waals surface area contributed by atoms with Crippen molar-refractivity contribution >= 4 is 23.6 Å². The van der Waals surface area contributed by atoms with Crippen molar-refractivity contribution in [3.63, 3.8) is 0 Å². The lowest BCUT2D eigenvalue weighted by atomic mass is 9.66. The van der Waals surface area contributed by atoms with Crippen molar-refractivity contribution in [3.8, 4) is 0 Å². The fourth-order valence-electron chi connectivity index (χ4n) is 3.90. The van der Waals surface area contributed by atoms with Crippen LogP contribution in [-0.4, -0.2) is 37.2 Å². The normalized spacial score (nSPS) is 21.0. The third-order valence-electron chi connectivity index (χ3n) is 5.02. The third kappa shape index (κ3) is 3.03. The molecule has 8 heteroatoms. The van der Waals surface area contributed by atoms with Crippen LogP contribution in [0.15, 0.2) is 47.0 Å². The minimum atomic E-state index is -1.88. The summed E-state index contributed by atoms with van der Waals surface area (Å²) in [6.07, 6.45) is 0. The van der Waals surface area contributed by atoms with E-state index in [0.29, 0.717) is 11.3 Å². The Bertz CT molecular complexity index is 1000. The van der Waals surface area contributed by atoms with Crippen molar-refractivity contribution in [1.29, 1.82) is 0 Å². The second-order valence-electron chi connectivity index (χ2n) is 8.13. The van der Waals surface area contributed by atoms with Crippen molar-refractivity contribution in [3.05, 3.63) is 52.6 Å². The zero-order valence-electron chi connectivity index (χ0n) is 18.0. The van der Waals surface area contributed by atoms with Gasteiger partial charge in [-0.1, -0.05) is 18.2 Å². The Balaban J connectivity index is 2.39. The molecule has 1 aromatic rings. The number of hydrogen-bond acceptors (Lipinski definition) is 8. The summed E-state index contributed by atoms with van der Waals surface area (Å²) >= 11 is 0. The lowest BCUT2D eigenvalue weighted by molar-refractivity contribution is -0.152. The fraction of sp³-hybridized carbons (Fsp3) is 0.409. The van der Waals surface area contributed by atoms with Crippen molar-refractivity contribution in [2.24, 2.45) is 5.73 Å². The number of rotatable bonds is 3. The molecule has 0 saturated carbocycles. The van der Waals surface area contributed by atoms with Gasteiger partial charge in [-0.2, -0.15) is 0 Å². The maximum Gasteiger partial charge on any atom is 0.339 e. The van der Waals surface area contributed by atoms with E-state index in [1.165, 1.54) is 6.92 Å². The second-order valence-corrected chi connectivity index (χ2v) is 8.13. The molecule has 2 N–H and O–H groups in total. The predicted octanol–water partition coefficient (Wildman–Crippen LogP) is 2.28. The number of nitrogens with two attached hydrogens (primary N) is 1. The first-order valence-corrected chi connectivity index (χ1v) is 9.64. The first-order chi connectivity index (χ1) is 14.0. The molecule has 1 atom stereocenters. The van der Waals surface area contributed by atoms with Crippen LogP contribution in [0, 0.1) is 0 Å². The average molecular weight is 414 g/mol. The van der Waals surface area contributed by atoms with Crippen molar-refractivity contribution in [2.45, 2.75) is 45.6 Å². The number of hydrogen-bond donors (Lipinski definition) is 1. The Hall–Kier alpha value is -3.29. The van der Waals surface area contributed by atoms with E-state index in [-0.39, 0.29) is 29.3 Å². The van der Waals surface area contributed by atoms with Gasteiger partial charge >= 0.3 is 17.9 Å². The van der Waals surface area contributed by atoms with Crippen LogP contribution < -0.4 is 10.6 Å². The standard InChI is InChI=1S/C22H26N2O6/c1-7-28-18(25)16-17(23)24(6)14-11-9-8-10-13(14)22(16)15(12(2)29-20(22)27)19(26)30-21(3,4)5/h8-11H,7,23H2,1-6H3/t22-/m1/s1. The summed E-state index contributed by atoms with van der Waals surface area (Å²) in [4.78, 5) is 41.3. The monoisotopic (exact) mass is 414 g/mol. The molecule has 1 aromatic carbocycles. The van der Waals surface area contributed by atoms with Crippen LogP contribution in [0.1, 0.15) is 40.2 Å². The molecule has 0 radical (unpaired) electrons. The molecule has 0 aliphatic carbocycles. The quantitative estimate of drug-likeness (QED) is 0.593. The summed E-state index contributed by atoms with van der Waals surface area (Å²) in [5.74, 6) is -2.31. The van der Waals surface area contributed by atoms with Gasteiger partial charge in [0.1, 0.15) is 28.3 Å². The largest absolute Gasteiger partial charge is 0.462 e. The molecule has 0 unspecified atom stereocenters. The maximum absolute atomic E-state index is 13.4. The summed E-state index contributed by atoms with van der Waals surface area (Å²) < 4.78 is 16.2. The number of esters is 3. The molecular weight excluding hydrogens is 388 g/mol. The summed E-state index contributed by atoms with van der Waals surface area (Å²) in [5.41, 5.74) is 4.35. The van der Waals surface area contributed by atoms with E-state index >= 15 is 0 Å². The molecule has 0 amide bonds. The molecule has 8 nitrogen and oxygen atoms in total. The Kier molecular flexibility index (Phi) is 5.14. The summed E-state index contributed by atoms with van der Waals surface area (Å²) in [6, 6.07) is 6.91. The summed E-state index contributed by atoms with van der Waals surface area (Å²) in [6.45, 7) is 8.34. The van der Waals surface area contributed by atoms with E-state index in [4.69, 9.17) is 19.9 Å². The third-order valence-corrected chi connectivity index (χ3v) is 5.02. The molecule has 1 spiro atoms. The number of benzene rings is 1. The Morgan fingerprint density at radius 1 is 1.17 bits per heavy atom. The molecule has 2 aliphatic rings. The number of ether oxygens (including phenoxy) is 3. The predicted molar refractivity (Wildman–Crippen MR) is 109 cm³/mol. The molecule has 0 aromatic heterocycles. The van der Waals surface area contributed by atoms with Gasteiger partial charge in [0.25, 0.3) is 0 Å². The van der Waals surface area contributed by atoms with Gasteiger partial charge in [-0.05, 0) is 40.7 Å². The molecule has 0 fully saturated rings. The van der Waals surface area contributed by atoms with Crippen molar-refractivity contribution in [2.75, 3.05) is 18.6 Å². The van der Waals surface area contributed by atoms with E-state index < -0.39 is 28.9 Å². The zero-order chi connectivity index (χ0) is 22.4. The van der Waals surface area contributed by atoms with Crippen LogP contribution in [0.4, 0.5) is 5.69 Å². The highest BCUT2D eigenvalue weighted by atomic mass is 16.6. The van der Waals surface area contributed by atoms with Gasteiger partial charge in [-0.25, -0.2) is 14.4 Å². The number of cyclic esters (lactones) is 1. The topological polar surface area (TPSA) is 108 Å². The number of para-hydroxylation sites is 1. The fourth-order valence-corrected chi connectivity index (χ4v) is 3.90. The number of fused-ring (bicyclic) bond motifs is 2. The molecule has 0 bridgehead atoms. The highest BCUT2D eigenvalue weighted by Crippen LogP contribution is 2.53. The van der Waals surface area contributed by atoms with Crippen LogP contribution >= 0.6 is 0 Å². The molecule has 2 heterocycles. The number of allylic oxidation sites excluding steroid dienone is 1. The van der Waals surface area contributed by atoms with Gasteiger partial charge in [0.2, 0.25) is 0 Å². The minimum Gasteiger partial charge on any atom is -0.462 e. The minimum absolute atomic E-state index is 0.000131. The first-order valence-electron chi connectivity index (χ1n) is 9.64. The van der Waals surface area contributed by atoms with Gasteiger partial charge in [-0.3, -0.25) is 0 Å². The maximum atomic E-state index is 13.4. The highest BCUT2D eigenvalue weighted by Gasteiger charge is 2.63. The molecule has 30 heavy (non-hydrogen) atoms. The molecule has 2 aliphatic heterocycles. The zero-order valence-corrected chi connectivity index (χ0v) is 18.0. The van der Waals surface area contributed by atoms with Crippen molar-refractivity contribution in [1.82, 2.24) is 0 Å². The lowest BCUT2D eigenvalue weighted by Gasteiger charge is -2.40. The van der Waals surface area contributed by atoms with Crippen LogP contribution in [0.25, 0.3) is 0 Å². The van der Waals surface area contributed by atoms with Gasteiger partial charge in [0.15, 0.2) is 5.41 Å². The first kappa shape index (κ1) is 21.4. The van der Waals surface area contributed by atoms with Crippen LogP contribution in [-0.2, 0) is 34.0 Å². The number of anilines is 1. The van der Waals surface area contributed by atoms with E-state index in [1.807, 2.05) is 0 Å². The second kappa shape index (κ2) is 7.19. The molecule has 0 saturated heterocycles. The number of carbonyl (C=O) groups excluding carboxylic acids is 3. The van der Waals surface area contributed by atoms with E-state index in [1.54, 1.807) is 63.9 Å². The SMILES string of the molecule is CCOC(=O)C1=C(N)N(C)c2ccccc2[C@]12C(=O)OC(C)=C2C(=O)OC(C)(C)C. The smallest absolute Gasteiger partial charge is 0.339 e. The Labute approximate surface area is 175 Å². The van der Waals surface area contributed by atoms with Gasteiger partial charge in [0.05, 0.1) is 6.61 Å². The molecule has 3 rings (SSSR count). The van der Waals surface area contributed by atoms with Gasteiger partial charge < -0.3 is 24.8 Å². The number of nitrogens with zero attached hydrogens (tertiary/aromatic N) is 1. The van der Waals surface area contributed by atoms with Gasteiger partial charge in [-0.15, -0.1) is 0 Å². The van der Waals surface area contributed by atoms with Crippen LogP contribution in [0.3, 0.4) is 0 Å². The average Bonchev–Trinajstić information content (AvgIpc) is 2.89. The molecule has 160 valence electrons. The molecular formula is C22H26N2O6. The van der Waals surface area contributed by atoms with Crippen LogP contribution in [0.2, 0.25) is 0 Å². The lowest BCUT2D eigenvalue weighted by Crippen LogP contribution is -2.50.